The second-order valence-electron chi connectivity index (χ2n) is 4.88. The van der Waals surface area contributed by atoms with Gasteiger partial charge < -0.3 is 11.1 Å². The number of aliphatic imine (C=N–C) groups is 1. The van der Waals surface area contributed by atoms with Gasteiger partial charge in [0.25, 0.3) is 0 Å². The van der Waals surface area contributed by atoms with Crippen LogP contribution >= 0.6 is 15.9 Å². The summed E-state index contributed by atoms with van der Waals surface area (Å²) in [7, 11) is 0. The first-order chi connectivity index (χ1) is 8.22. The van der Waals surface area contributed by atoms with Gasteiger partial charge in [-0.3, -0.25) is 4.99 Å². The Bertz CT molecular complexity index is 440. The van der Waals surface area contributed by atoms with Gasteiger partial charge in [0, 0.05) is 16.1 Å². The maximum absolute atomic E-state index is 6.00. The average Bonchev–Trinajstić information content (AvgIpc) is 2.72. The molecule has 1 fully saturated rings. The highest BCUT2D eigenvalue weighted by Crippen LogP contribution is 2.26. The second kappa shape index (κ2) is 4.42. The van der Waals surface area contributed by atoms with Crippen molar-refractivity contribution in [2.24, 2.45) is 10.7 Å². The molecule has 3 N–H and O–H groups in total. The molecule has 1 saturated carbocycles. The van der Waals surface area contributed by atoms with Gasteiger partial charge in [-0.25, -0.2) is 0 Å². The third-order valence-electron chi connectivity index (χ3n) is 3.59. The van der Waals surface area contributed by atoms with Gasteiger partial charge in [0.1, 0.15) is 5.84 Å². The van der Waals surface area contributed by atoms with Crippen LogP contribution < -0.4 is 11.1 Å². The fourth-order valence-electron chi connectivity index (χ4n) is 2.64. The molecule has 4 heteroatoms. The molecule has 1 aromatic rings. The summed E-state index contributed by atoms with van der Waals surface area (Å²) in [6.07, 6.45) is 3.24. The Kier molecular flexibility index (Phi) is 2.92. The van der Waals surface area contributed by atoms with E-state index in [2.05, 4.69) is 33.4 Å². The molecule has 2 aliphatic rings. The van der Waals surface area contributed by atoms with E-state index in [1.165, 1.54) is 0 Å². The summed E-state index contributed by atoms with van der Waals surface area (Å²) in [4.78, 5) is 4.78. The van der Waals surface area contributed by atoms with E-state index >= 15 is 0 Å². The van der Waals surface area contributed by atoms with Crippen LogP contribution in [0.4, 0.5) is 0 Å². The molecule has 0 amide bonds. The number of rotatable bonds is 1. The van der Waals surface area contributed by atoms with Gasteiger partial charge >= 0.3 is 0 Å². The van der Waals surface area contributed by atoms with Crippen LogP contribution in [-0.4, -0.2) is 24.0 Å². The van der Waals surface area contributed by atoms with Crippen molar-refractivity contribution in [3.63, 3.8) is 0 Å². The molecule has 1 aromatic carbocycles. The second-order valence-corrected chi connectivity index (χ2v) is 5.79. The third kappa shape index (κ3) is 2.24. The first-order valence-corrected chi connectivity index (χ1v) is 6.87. The number of nitrogens with two attached hydrogens (primary N) is 1. The Balaban J connectivity index is 1.80. The van der Waals surface area contributed by atoms with Crippen molar-refractivity contribution in [2.45, 2.75) is 37.4 Å². The smallest absolute Gasteiger partial charge is 0.128 e. The van der Waals surface area contributed by atoms with Gasteiger partial charge in [-0.2, -0.15) is 0 Å². The molecular formula is C13H16BrN3. The van der Waals surface area contributed by atoms with Gasteiger partial charge in [0.05, 0.1) is 12.1 Å². The molecule has 17 heavy (non-hydrogen) atoms. The van der Waals surface area contributed by atoms with Crippen molar-refractivity contribution >= 4 is 21.8 Å². The van der Waals surface area contributed by atoms with Crippen LogP contribution in [0.25, 0.3) is 0 Å². The quantitative estimate of drug-likeness (QED) is 0.833. The molecule has 0 aromatic heterocycles. The number of hydrogen-bond donors (Lipinski definition) is 2. The largest absolute Gasteiger partial charge is 0.365 e. The highest BCUT2D eigenvalue weighted by Gasteiger charge is 2.33. The lowest BCUT2D eigenvalue weighted by molar-refractivity contribution is 0.347. The average molecular weight is 294 g/mol. The Labute approximate surface area is 110 Å². The molecule has 1 aliphatic heterocycles. The number of nitrogens with one attached hydrogen (secondary N) is 1. The highest BCUT2D eigenvalue weighted by molar-refractivity contribution is 9.10. The summed E-state index contributed by atoms with van der Waals surface area (Å²) >= 11 is 3.45. The summed E-state index contributed by atoms with van der Waals surface area (Å²) in [5, 5.41) is 3.51. The van der Waals surface area contributed by atoms with Crippen molar-refractivity contribution in [3.8, 4) is 0 Å². The maximum atomic E-state index is 6.00. The lowest BCUT2D eigenvalue weighted by Crippen LogP contribution is -2.44. The van der Waals surface area contributed by atoms with Gasteiger partial charge in [-0.15, -0.1) is 0 Å². The monoisotopic (exact) mass is 293 g/mol. The topological polar surface area (TPSA) is 50.4 Å². The van der Waals surface area contributed by atoms with Crippen LogP contribution in [0.2, 0.25) is 0 Å². The van der Waals surface area contributed by atoms with E-state index in [1.54, 1.807) is 0 Å². The standard InChI is InChI=1S/C13H16BrN3/c14-9-3-1-8(2-4-9)13-16-11-6-5-10(15)7-12(11)17-13/h1-4,10-12H,5-7,15H2,(H,16,17). The lowest BCUT2D eigenvalue weighted by atomic mass is 9.88. The van der Waals surface area contributed by atoms with E-state index < -0.39 is 0 Å². The van der Waals surface area contributed by atoms with Gasteiger partial charge in [0.2, 0.25) is 0 Å². The normalized spacial score (nSPS) is 31.6. The predicted octanol–water partition coefficient (Wildman–Crippen LogP) is 2.05. The molecule has 90 valence electrons. The molecule has 3 unspecified atom stereocenters. The number of amidine groups is 1. The zero-order valence-corrected chi connectivity index (χ0v) is 11.2. The van der Waals surface area contributed by atoms with Crippen LogP contribution in [-0.2, 0) is 0 Å². The molecule has 0 radical (unpaired) electrons. The molecule has 3 atom stereocenters. The van der Waals surface area contributed by atoms with E-state index in [0.717, 1.165) is 35.1 Å². The third-order valence-corrected chi connectivity index (χ3v) is 4.12. The van der Waals surface area contributed by atoms with E-state index in [9.17, 15) is 0 Å². The Hall–Kier alpha value is -0.870. The van der Waals surface area contributed by atoms with Crippen LogP contribution in [0.1, 0.15) is 24.8 Å². The lowest BCUT2D eigenvalue weighted by Gasteiger charge is -2.28. The van der Waals surface area contributed by atoms with Gasteiger partial charge in [-0.1, -0.05) is 28.1 Å². The minimum Gasteiger partial charge on any atom is -0.365 e. The number of hydrogen-bond acceptors (Lipinski definition) is 3. The summed E-state index contributed by atoms with van der Waals surface area (Å²) < 4.78 is 1.10. The van der Waals surface area contributed by atoms with Crippen molar-refractivity contribution in [1.82, 2.24) is 5.32 Å². The fraction of sp³-hybridized carbons (Fsp3) is 0.462. The highest BCUT2D eigenvalue weighted by atomic mass is 79.9. The van der Waals surface area contributed by atoms with Gasteiger partial charge in [-0.05, 0) is 31.4 Å². The number of halogens is 1. The molecular weight excluding hydrogens is 278 g/mol. The number of benzene rings is 1. The first-order valence-electron chi connectivity index (χ1n) is 6.08. The first kappa shape index (κ1) is 11.2. The van der Waals surface area contributed by atoms with Crippen LogP contribution in [0.3, 0.4) is 0 Å². The SMILES string of the molecule is NC1CCC2N=C(c3ccc(Br)cc3)NC2C1. The molecule has 3 nitrogen and oxygen atoms in total. The van der Waals surface area contributed by atoms with E-state index in [0.29, 0.717) is 18.1 Å². The molecule has 1 heterocycles. The van der Waals surface area contributed by atoms with Crippen molar-refractivity contribution in [2.75, 3.05) is 0 Å². The fourth-order valence-corrected chi connectivity index (χ4v) is 2.91. The zero-order valence-electron chi connectivity index (χ0n) is 9.57. The van der Waals surface area contributed by atoms with Crippen molar-refractivity contribution < 1.29 is 0 Å². The Morgan fingerprint density at radius 3 is 2.76 bits per heavy atom. The zero-order chi connectivity index (χ0) is 11.8. The molecule has 1 aliphatic carbocycles. The Morgan fingerprint density at radius 1 is 1.24 bits per heavy atom. The number of fused-ring (bicyclic) bond motifs is 1. The van der Waals surface area contributed by atoms with Crippen molar-refractivity contribution in [1.29, 1.82) is 0 Å². The predicted molar refractivity (Wildman–Crippen MR) is 73.2 cm³/mol. The minimum atomic E-state index is 0.336. The van der Waals surface area contributed by atoms with Crippen LogP contribution in [0.5, 0.6) is 0 Å². The number of nitrogens with zero attached hydrogens (tertiary/aromatic N) is 1. The van der Waals surface area contributed by atoms with E-state index in [4.69, 9.17) is 10.7 Å². The summed E-state index contributed by atoms with van der Waals surface area (Å²) in [5.41, 5.74) is 7.16. The van der Waals surface area contributed by atoms with Crippen LogP contribution in [0, 0.1) is 0 Å². The molecule has 0 spiro atoms. The Morgan fingerprint density at radius 2 is 2.00 bits per heavy atom. The van der Waals surface area contributed by atoms with Gasteiger partial charge in [0.15, 0.2) is 0 Å². The van der Waals surface area contributed by atoms with Crippen LogP contribution in [0.15, 0.2) is 33.7 Å². The molecule has 0 saturated heterocycles. The summed E-state index contributed by atoms with van der Waals surface area (Å²) in [6.45, 7) is 0. The van der Waals surface area contributed by atoms with E-state index in [1.807, 2.05) is 12.1 Å². The maximum Gasteiger partial charge on any atom is 0.128 e. The van der Waals surface area contributed by atoms with Crippen molar-refractivity contribution in [3.05, 3.63) is 34.3 Å². The molecule has 3 rings (SSSR count). The summed E-state index contributed by atoms with van der Waals surface area (Å²) in [6, 6.07) is 9.48. The minimum absolute atomic E-state index is 0.336. The van der Waals surface area contributed by atoms with E-state index in [-0.39, 0.29) is 0 Å². The molecule has 0 bridgehead atoms. The summed E-state index contributed by atoms with van der Waals surface area (Å²) in [5.74, 6) is 1.03.